The maximum atomic E-state index is 15.1. The molecule has 3 atom stereocenters. The zero-order valence-electron chi connectivity index (χ0n) is 20.3. The minimum absolute atomic E-state index is 0.144. The summed E-state index contributed by atoms with van der Waals surface area (Å²) >= 11 is 0. The molecule has 3 aliphatic rings. The number of allylic oxidation sites excluding steroid dienone is 1. The van der Waals surface area contributed by atoms with E-state index in [0.29, 0.717) is 30.4 Å². The van der Waals surface area contributed by atoms with Gasteiger partial charge in [0.1, 0.15) is 6.04 Å². The molecule has 1 amide bonds. The third-order valence-electron chi connectivity index (χ3n) is 7.94. The number of rotatable bonds is 5. The SMILES string of the molecule is Cc1ccc(C2CC=C(C(=O)NC3C(N4CCN(C(C)C)CC4)CCCC3(F)F)CC2)cc1. The van der Waals surface area contributed by atoms with Gasteiger partial charge in [0, 0.05) is 50.3 Å². The molecule has 1 aliphatic heterocycles. The summed E-state index contributed by atoms with van der Waals surface area (Å²) in [6.07, 6.45) is 5.36. The van der Waals surface area contributed by atoms with Crippen molar-refractivity contribution in [1.29, 1.82) is 0 Å². The van der Waals surface area contributed by atoms with E-state index in [1.807, 2.05) is 6.08 Å². The first-order valence-corrected chi connectivity index (χ1v) is 12.7. The fourth-order valence-electron chi connectivity index (χ4n) is 5.75. The standard InChI is InChI=1S/C27H39F2N3O/c1-19(2)31-15-17-32(18-16-31)24-5-4-14-27(28,29)25(24)30-26(33)23-12-10-22(11-13-23)21-8-6-20(3)7-9-21/h6-9,12,19,22,24-25H,4-5,10-11,13-18H2,1-3H3,(H,30,33). The van der Waals surface area contributed by atoms with Crippen LogP contribution in [0.25, 0.3) is 0 Å². The highest BCUT2D eigenvalue weighted by atomic mass is 19.3. The van der Waals surface area contributed by atoms with Gasteiger partial charge < -0.3 is 5.32 Å². The molecule has 2 aliphatic carbocycles. The summed E-state index contributed by atoms with van der Waals surface area (Å²) < 4.78 is 30.1. The number of amides is 1. The van der Waals surface area contributed by atoms with Crippen LogP contribution in [-0.2, 0) is 4.79 Å². The Morgan fingerprint density at radius 1 is 1.09 bits per heavy atom. The molecule has 3 unspecified atom stereocenters. The van der Waals surface area contributed by atoms with Crippen molar-refractivity contribution in [3.05, 3.63) is 47.0 Å². The van der Waals surface area contributed by atoms with E-state index in [1.165, 1.54) is 11.1 Å². The predicted molar refractivity (Wildman–Crippen MR) is 129 cm³/mol. The molecule has 6 heteroatoms. The summed E-state index contributed by atoms with van der Waals surface area (Å²) in [5.41, 5.74) is 3.19. The molecule has 1 saturated heterocycles. The van der Waals surface area contributed by atoms with Crippen LogP contribution in [0, 0.1) is 6.92 Å². The van der Waals surface area contributed by atoms with Gasteiger partial charge in [0.05, 0.1) is 0 Å². The monoisotopic (exact) mass is 459 g/mol. The lowest BCUT2D eigenvalue weighted by atomic mass is 9.83. The first-order chi connectivity index (χ1) is 15.7. The second-order valence-corrected chi connectivity index (χ2v) is 10.4. The highest BCUT2D eigenvalue weighted by Crippen LogP contribution is 2.37. The largest absolute Gasteiger partial charge is 0.342 e. The van der Waals surface area contributed by atoms with Crippen molar-refractivity contribution in [2.45, 2.75) is 89.3 Å². The molecule has 1 saturated carbocycles. The van der Waals surface area contributed by atoms with Gasteiger partial charge in [-0.3, -0.25) is 14.6 Å². The molecule has 0 bridgehead atoms. The molecule has 1 aromatic carbocycles. The zero-order valence-corrected chi connectivity index (χ0v) is 20.3. The third-order valence-corrected chi connectivity index (χ3v) is 7.94. The number of nitrogens with one attached hydrogen (secondary N) is 1. The van der Waals surface area contributed by atoms with Crippen LogP contribution in [0.2, 0.25) is 0 Å². The number of piperazine rings is 1. The van der Waals surface area contributed by atoms with Crippen LogP contribution in [0.4, 0.5) is 8.78 Å². The molecule has 182 valence electrons. The number of carbonyl (C=O) groups is 1. The number of nitrogens with zero attached hydrogens (tertiary/aromatic N) is 2. The maximum absolute atomic E-state index is 15.1. The number of aryl methyl sites for hydroxylation is 1. The number of halogens is 2. The molecule has 0 aromatic heterocycles. The maximum Gasteiger partial charge on any atom is 0.269 e. The molecule has 1 heterocycles. The van der Waals surface area contributed by atoms with E-state index >= 15 is 8.78 Å². The minimum Gasteiger partial charge on any atom is -0.342 e. The molecule has 0 radical (unpaired) electrons. The van der Waals surface area contributed by atoms with Crippen LogP contribution >= 0.6 is 0 Å². The Bertz CT molecular complexity index is 843. The smallest absolute Gasteiger partial charge is 0.269 e. The molecule has 2 fully saturated rings. The third kappa shape index (κ3) is 5.65. The molecular weight excluding hydrogens is 420 g/mol. The molecule has 1 N–H and O–H groups in total. The topological polar surface area (TPSA) is 35.6 Å². The second-order valence-electron chi connectivity index (χ2n) is 10.4. The van der Waals surface area contributed by atoms with Crippen LogP contribution in [0.1, 0.15) is 69.4 Å². The summed E-state index contributed by atoms with van der Waals surface area (Å²) in [6, 6.07) is 7.62. The average Bonchev–Trinajstić information content (AvgIpc) is 2.81. The summed E-state index contributed by atoms with van der Waals surface area (Å²) in [4.78, 5) is 17.7. The van der Waals surface area contributed by atoms with E-state index < -0.39 is 12.0 Å². The van der Waals surface area contributed by atoms with Crippen molar-refractivity contribution in [2.75, 3.05) is 26.2 Å². The Balaban J connectivity index is 1.40. The van der Waals surface area contributed by atoms with Crippen LogP contribution in [0.5, 0.6) is 0 Å². The van der Waals surface area contributed by atoms with Gasteiger partial charge in [-0.15, -0.1) is 0 Å². The van der Waals surface area contributed by atoms with E-state index in [1.54, 1.807) is 0 Å². The average molecular weight is 460 g/mol. The number of alkyl halides is 2. The normalized spacial score (nSPS) is 29.0. The fraction of sp³-hybridized carbons (Fsp3) is 0.667. The Morgan fingerprint density at radius 3 is 2.39 bits per heavy atom. The molecule has 1 aromatic rings. The molecule has 4 nitrogen and oxygen atoms in total. The molecular formula is C27H39F2N3O. The highest BCUT2D eigenvalue weighted by molar-refractivity contribution is 5.93. The number of benzene rings is 1. The van der Waals surface area contributed by atoms with E-state index in [-0.39, 0.29) is 18.4 Å². The first kappa shape index (κ1) is 24.3. The summed E-state index contributed by atoms with van der Waals surface area (Å²) in [7, 11) is 0. The van der Waals surface area contributed by atoms with Crippen LogP contribution < -0.4 is 5.32 Å². The lowest BCUT2D eigenvalue weighted by Gasteiger charge is -2.47. The van der Waals surface area contributed by atoms with Crippen LogP contribution in [0.15, 0.2) is 35.9 Å². The Kier molecular flexibility index (Phi) is 7.54. The van der Waals surface area contributed by atoms with Gasteiger partial charge in [-0.1, -0.05) is 35.9 Å². The number of carbonyl (C=O) groups excluding carboxylic acids is 1. The van der Waals surface area contributed by atoms with E-state index in [9.17, 15) is 4.79 Å². The molecule has 33 heavy (non-hydrogen) atoms. The predicted octanol–water partition coefficient (Wildman–Crippen LogP) is 4.89. The quantitative estimate of drug-likeness (QED) is 0.681. The zero-order chi connectivity index (χ0) is 23.6. The highest BCUT2D eigenvalue weighted by Gasteiger charge is 2.50. The summed E-state index contributed by atoms with van der Waals surface area (Å²) in [5, 5.41) is 2.81. The van der Waals surface area contributed by atoms with Gasteiger partial charge in [-0.2, -0.15) is 0 Å². The number of hydrogen-bond acceptors (Lipinski definition) is 3. The van der Waals surface area contributed by atoms with Crippen molar-refractivity contribution in [3.8, 4) is 0 Å². The van der Waals surface area contributed by atoms with Crippen molar-refractivity contribution in [1.82, 2.24) is 15.1 Å². The van der Waals surface area contributed by atoms with Gasteiger partial charge in [-0.25, -0.2) is 8.78 Å². The molecule has 0 spiro atoms. The lowest BCUT2D eigenvalue weighted by Crippen LogP contribution is -2.64. The van der Waals surface area contributed by atoms with Crippen LogP contribution in [0.3, 0.4) is 0 Å². The van der Waals surface area contributed by atoms with E-state index in [0.717, 1.165) is 45.4 Å². The van der Waals surface area contributed by atoms with E-state index in [2.05, 4.69) is 60.2 Å². The van der Waals surface area contributed by atoms with Gasteiger partial charge in [0.2, 0.25) is 5.91 Å². The van der Waals surface area contributed by atoms with Crippen molar-refractivity contribution in [2.24, 2.45) is 0 Å². The Labute approximate surface area is 197 Å². The van der Waals surface area contributed by atoms with Gasteiger partial charge in [-0.05, 0) is 64.4 Å². The first-order valence-electron chi connectivity index (χ1n) is 12.7. The summed E-state index contributed by atoms with van der Waals surface area (Å²) in [6.45, 7) is 9.78. The van der Waals surface area contributed by atoms with Crippen molar-refractivity contribution in [3.63, 3.8) is 0 Å². The molecule has 4 rings (SSSR count). The second kappa shape index (κ2) is 10.2. The Hall–Kier alpha value is -1.79. The van der Waals surface area contributed by atoms with Crippen molar-refractivity contribution >= 4 is 5.91 Å². The Morgan fingerprint density at radius 2 is 1.79 bits per heavy atom. The van der Waals surface area contributed by atoms with Gasteiger partial charge in [0.15, 0.2) is 0 Å². The van der Waals surface area contributed by atoms with E-state index in [4.69, 9.17) is 0 Å². The minimum atomic E-state index is -2.87. The van der Waals surface area contributed by atoms with Crippen LogP contribution in [-0.4, -0.2) is 65.9 Å². The fourth-order valence-corrected chi connectivity index (χ4v) is 5.75. The van der Waals surface area contributed by atoms with Gasteiger partial charge in [0.25, 0.3) is 5.92 Å². The lowest BCUT2D eigenvalue weighted by molar-refractivity contribution is -0.131. The van der Waals surface area contributed by atoms with Gasteiger partial charge >= 0.3 is 0 Å². The number of hydrogen-bond donors (Lipinski definition) is 1. The van der Waals surface area contributed by atoms with Crippen molar-refractivity contribution < 1.29 is 13.6 Å². The summed E-state index contributed by atoms with van der Waals surface area (Å²) in [5.74, 6) is -2.77.